The van der Waals surface area contributed by atoms with Crippen molar-refractivity contribution in [3.63, 3.8) is 0 Å². The van der Waals surface area contributed by atoms with Gasteiger partial charge in [0.25, 0.3) is 0 Å². The van der Waals surface area contributed by atoms with E-state index in [9.17, 15) is 5.11 Å². The van der Waals surface area contributed by atoms with Gasteiger partial charge in [0, 0.05) is 0 Å². The molecule has 0 saturated heterocycles. The van der Waals surface area contributed by atoms with E-state index >= 15 is 0 Å². The van der Waals surface area contributed by atoms with Gasteiger partial charge < -0.3 is 5.11 Å². The molecule has 1 aliphatic rings. The van der Waals surface area contributed by atoms with E-state index in [1.54, 1.807) is 0 Å². The maximum absolute atomic E-state index is 10.1. The quantitative estimate of drug-likeness (QED) is 0.666. The van der Waals surface area contributed by atoms with Crippen LogP contribution in [0.2, 0.25) is 0 Å². The van der Waals surface area contributed by atoms with Crippen molar-refractivity contribution in [2.75, 3.05) is 0 Å². The lowest BCUT2D eigenvalue weighted by Gasteiger charge is -2.42. The molecular formula is C10H20O. The number of hydrogen-bond donors (Lipinski definition) is 1. The van der Waals surface area contributed by atoms with Crippen LogP contribution in [0.4, 0.5) is 0 Å². The second-order valence-electron chi connectivity index (χ2n) is 4.16. The fourth-order valence-corrected chi connectivity index (χ4v) is 1.81. The molecule has 1 aliphatic carbocycles. The van der Waals surface area contributed by atoms with Crippen LogP contribution in [-0.2, 0) is 0 Å². The van der Waals surface area contributed by atoms with Crippen LogP contribution in [0.25, 0.3) is 0 Å². The smallest absolute Gasteiger partial charge is 0.0673 e. The fraction of sp³-hybridized carbons (Fsp3) is 1.00. The molecule has 0 spiro atoms. The molecule has 1 heteroatoms. The Morgan fingerprint density at radius 1 is 1.55 bits per heavy atom. The van der Waals surface area contributed by atoms with Gasteiger partial charge in [-0.15, -0.1) is 0 Å². The van der Waals surface area contributed by atoms with E-state index < -0.39 is 5.60 Å². The lowest BCUT2D eigenvalue weighted by molar-refractivity contribution is -0.0765. The molecule has 0 radical (unpaired) electrons. The Hall–Kier alpha value is -0.0400. The number of aliphatic hydroxyl groups is 1. The zero-order valence-corrected chi connectivity index (χ0v) is 7.93. The maximum atomic E-state index is 10.1. The minimum absolute atomic E-state index is 0.396. The third-order valence-electron chi connectivity index (χ3n) is 3.54. The summed E-state index contributed by atoms with van der Waals surface area (Å²) in [6.07, 6.45) is 4.87. The maximum Gasteiger partial charge on any atom is 0.0673 e. The summed E-state index contributed by atoms with van der Waals surface area (Å²) in [5, 5.41) is 10.1. The first kappa shape index (κ1) is 9.05. The highest BCUT2D eigenvalue weighted by Crippen LogP contribution is 2.40. The molecule has 1 nitrogen and oxygen atoms in total. The summed E-state index contributed by atoms with van der Waals surface area (Å²) in [5.41, 5.74) is -0.396. The van der Waals surface area contributed by atoms with Crippen LogP contribution in [0.1, 0.15) is 46.5 Å². The molecule has 0 aliphatic heterocycles. The van der Waals surface area contributed by atoms with Crippen molar-refractivity contribution in [1.29, 1.82) is 0 Å². The molecule has 0 aromatic rings. The molecule has 11 heavy (non-hydrogen) atoms. The summed E-state index contributed by atoms with van der Waals surface area (Å²) in [4.78, 5) is 0. The van der Waals surface area contributed by atoms with Gasteiger partial charge in [0.1, 0.15) is 0 Å². The number of rotatable bonds is 3. The number of hydrogen-bond acceptors (Lipinski definition) is 1. The van der Waals surface area contributed by atoms with Gasteiger partial charge >= 0.3 is 0 Å². The molecule has 1 fully saturated rings. The normalized spacial score (nSPS) is 27.3. The molecule has 1 saturated carbocycles. The van der Waals surface area contributed by atoms with Gasteiger partial charge in [-0.2, -0.15) is 0 Å². The van der Waals surface area contributed by atoms with E-state index in [1.165, 1.54) is 19.3 Å². The van der Waals surface area contributed by atoms with Crippen molar-refractivity contribution >= 4 is 0 Å². The van der Waals surface area contributed by atoms with Crippen LogP contribution in [0.3, 0.4) is 0 Å². The van der Waals surface area contributed by atoms with Crippen LogP contribution < -0.4 is 0 Å². The van der Waals surface area contributed by atoms with E-state index in [0.29, 0.717) is 11.8 Å². The minimum atomic E-state index is -0.396. The highest BCUT2D eigenvalue weighted by molar-refractivity contribution is 4.90. The standard InChI is InChI=1S/C10H20O/c1-4-8(2)10(3,11)9-6-5-7-9/h8-9,11H,4-7H2,1-3H3. The first-order valence-electron chi connectivity index (χ1n) is 4.81. The molecule has 0 aromatic carbocycles. The first-order valence-corrected chi connectivity index (χ1v) is 4.81. The lowest BCUT2D eigenvalue weighted by atomic mass is 9.68. The van der Waals surface area contributed by atoms with E-state index in [0.717, 1.165) is 6.42 Å². The first-order chi connectivity index (χ1) is 5.09. The zero-order valence-electron chi connectivity index (χ0n) is 7.93. The highest BCUT2D eigenvalue weighted by atomic mass is 16.3. The van der Waals surface area contributed by atoms with Crippen molar-refractivity contribution in [2.45, 2.75) is 52.1 Å². The Kier molecular flexibility index (Phi) is 2.58. The predicted octanol–water partition coefficient (Wildman–Crippen LogP) is 2.58. The second kappa shape index (κ2) is 3.14. The fourth-order valence-electron chi connectivity index (χ4n) is 1.81. The average Bonchev–Trinajstić information content (AvgIpc) is 1.81. The summed E-state index contributed by atoms with van der Waals surface area (Å²) in [5.74, 6) is 1.03. The average molecular weight is 156 g/mol. The molecule has 0 amide bonds. The molecule has 66 valence electrons. The van der Waals surface area contributed by atoms with E-state index in [1.807, 2.05) is 6.92 Å². The summed E-state index contributed by atoms with van der Waals surface area (Å²) >= 11 is 0. The van der Waals surface area contributed by atoms with E-state index in [-0.39, 0.29) is 0 Å². The molecule has 0 bridgehead atoms. The topological polar surface area (TPSA) is 20.2 Å². The molecule has 0 heterocycles. The summed E-state index contributed by atoms with van der Waals surface area (Å²) in [6.45, 7) is 6.31. The van der Waals surface area contributed by atoms with Gasteiger partial charge in [0.05, 0.1) is 5.60 Å². The zero-order chi connectivity index (χ0) is 8.48. The van der Waals surface area contributed by atoms with E-state index in [2.05, 4.69) is 13.8 Å². The molecule has 0 aromatic heterocycles. The molecule has 1 N–H and O–H groups in total. The summed E-state index contributed by atoms with van der Waals surface area (Å²) in [7, 11) is 0. The second-order valence-corrected chi connectivity index (χ2v) is 4.16. The monoisotopic (exact) mass is 156 g/mol. The van der Waals surface area contributed by atoms with Crippen LogP contribution in [0.5, 0.6) is 0 Å². The van der Waals surface area contributed by atoms with Crippen molar-refractivity contribution in [3.8, 4) is 0 Å². The molecule has 2 atom stereocenters. The third-order valence-corrected chi connectivity index (χ3v) is 3.54. The Morgan fingerprint density at radius 3 is 2.36 bits per heavy atom. The van der Waals surface area contributed by atoms with Gasteiger partial charge in [-0.1, -0.05) is 26.7 Å². The van der Waals surface area contributed by atoms with Crippen molar-refractivity contribution < 1.29 is 5.11 Å². The van der Waals surface area contributed by atoms with Crippen molar-refractivity contribution in [2.24, 2.45) is 11.8 Å². The minimum Gasteiger partial charge on any atom is -0.390 e. The van der Waals surface area contributed by atoms with E-state index in [4.69, 9.17) is 0 Å². The Labute approximate surface area is 69.8 Å². The van der Waals surface area contributed by atoms with Crippen LogP contribution in [-0.4, -0.2) is 10.7 Å². The Balaban J connectivity index is 2.49. The Morgan fingerprint density at radius 2 is 2.09 bits per heavy atom. The van der Waals surface area contributed by atoms with Gasteiger partial charge in [0.2, 0.25) is 0 Å². The molecule has 1 rings (SSSR count). The van der Waals surface area contributed by atoms with Gasteiger partial charge in [-0.3, -0.25) is 0 Å². The largest absolute Gasteiger partial charge is 0.390 e. The van der Waals surface area contributed by atoms with Crippen LogP contribution in [0.15, 0.2) is 0 Å². The van der Waals surface area contributed by atoms with Crippen molar-refractivity contribution in [3.05, 3.63) is 0 Å². The van der Waals surface area contributed by atoms with Crippen LogP contribution >= 0.6 is 0 Å². The van der Waals surface area contributed by atoms with Gasteiger partial charge in [-0.25, -0.2) is 0 Å². The molecule has 2 unspecified atom stereocenters. The third kappa shape index (κ3) is 1.58. The van der Waals surface area contributed by atoms with Crippen molar-refractivity contribution in [1.82, 2.24) is 0 Å². The molecular weight excluding hydrogens is 136 g/mol. The van der Waals surface area contributed by atoms with Gasteiger partial charge in [-0.05, 0) is 31.6 Å². The predicted molar refractivity (Wildman–Crippen MR) is 47.4 cm³/mol. The summed E-state index contributed by atoms with van der Waals surface area (Å²) < 4.78 is 0. The van der Waals surface area contributed by atoms with Crippen LogP contribution in [0, 0.1) is 11.8 Å². The lowest BCUT2D eigenvalue weighted by Crippen LogP contribution is -2.44. The van der Waals surface area contributed by atoms with Gasteiger partial charge in [0.15, 0.2) is 0 Å². The SMILES string of the molecule is CCC(C)C(C)(O)C1CCC1. The summed E-state index contributed by atoms with van der Waals surface area (Å²) in [6, 6.07) is 0. The highest BCUT2D eigenvalue weighted by Gasteiger charge is 2.39. The Bertz CT molecular complexity index is 118.